The van der Waals surface area contributed by atoms with E-state index in [-0.39, 0.29) is 11.1 Å². The molecule has 0 bridgehead atoms. The number of aromatic nitrogens is 2. The van der Waals surface area contributed by atoms with Crippen LogP contribution in [-0.2, 0) is 4.74 Å². The van der Waals surface area contributed by atoms with Crippen LogP contribution >= 0.6 is 0 Å². The SMILES string of the molecule is O=C1NC(=O)c2c1c1c3cc(F)ccc3[nH]c1c1c2c2cc(F)ccc2n1C1CCC[C@@H](CF)O1. The van der Waals surface area contributed by atoms with Gasteiger partial charge >= 0.3 is 0 Å². The van der Waals surface area contributed by atoms with Crippen LogP contribution in [0.1, 0.15) is 46.2 Å². The smallest absolute Gasteiger partial charge is 0.259 e. The molecule has 1 saturated heterocycles. The molecule has 1 unspecified atom stereocenters. The lowest BCUT2D eigenvalue weighted by Crippen LogP contribution is -2.27. The van der Waals surface area contributed by atoms with E-state index in [9.17, 15) is 22.8 Å². The van der Waals surface area contributed by atoms with Crippen molar-refractivity contribution >= 4 is 55.4 Å². The first-order valence-electron chi connectivity index (χ1n) is 11.4. The molecule has 2 aliphatic rings. The number of fused-ring (bicyclic) bond motifs is 10. The van der Waals surface area contributed by atoms with Crippen molar-refractivity contribution in [1.29, 1.82) is 0 Å². The van der Waals surface area contributed by atoms with Crippen molar-refractivity contribution in [3.63, 3.8) is 0 Å². The van der Waals surface area contributed by atoms with Gasteiger partial charge in [-0.1, -0.05) is 0 Å². The fourth-order valence-electron chi connectivity index (χ4n) is 5.80. The fraction of sp³-hybridized carbons (Fsp3) is 0.231. The summed E-state index contributed by atoms with van der Waals surface area (Å²) >= 11 is 0. The van der Waals surface area contributed by atoms with E-state index < -0.39 is 42.5 Å². The molecule has 9 heteroatoms. The summed E-state index contributed by atoms with van der Waals surface area (Å²) in [6.07, 6.45) is 0.761. The third kappa shape index (κ3) is 2.70. The number of H-pyrrole nitrogens is 1. The number of imide groups is 1. The Hall–Kier alpha value is -3.85. The Kier molecular flexibility index (Phi) is 4.15. The van der Waals surface area contributed by atoms with Gasteiger partial charge < -0.3 is 14.3 Å². The summed E-state index contributed by atoms with van der Waals surface area (Å²) in [6, 6.07) is 8.44. The van der Waals surface area contributed by atoms with Crippen LogP contribution in [0.5, 0.6) is 0 Å². The lowest BCUT2D eigenvalue weighted by Gasteiger charge is -2.30. The minimum absolute atomic E-state index is 0.120. The monoisotopic (exact) mass is 477 g/mol. The van der Waals surface area contributed by atoms with Gasteiger partial charge in [0.2, 0.25) is 0 Å². The second-order valence-electron chi connectivity index (χ2n) is 9.15. The molecule has 5 aromatic rings. The maximum Gasteiger partial charge on any atom is 0.259 e. The molecule has 35 heavy (non-hydrogen) atoms. The number of halogens is 3. The highest BCUT2D eigenvalue weighted by Crippen LogP contribution is 2.46. The van der Waals surface area contributed by atoms with E-state index >= 15 is 0 Å². The molecule has 0 radical (unpaired) electrons. The predicted octanol–water partition coefficient (Wildman–Crippen LogP) is 5.63. The zero-order valence-corrected chi connectivity index (χ0v) is 18.3. The number of ether oxygens (including phenoxy) is 1. The van der Waals surface area contributed by atoms with Crippen LogP contribution in [0, 0.1) is 11.6 Å². The van der Waals surface area contributed by atoms with Crippen molar-refractivity contribution in [3.05, 3.63) is 59.2 Å². The Bertz CT molecular complexity index is 1750. The predicted molar refractivity (Wildman–Crippen MR) is 124 cm³/mol. The molecule has 2 aromatic heterocycles. The molecule has 6 nitrogen and oxygen atoms in total. The van der Waals surface area contributed by atoms with Gasteiger partial charge in [-0.2, -0.15) is 0 Å². The number of amides is 2. The van der Waals surface area contributed by atoms with Gasteiger partial charge in [0.25, 0.3) is 11.8 Å². The van der Waals surface area contributed by atoms with Gasteiger partial charge in [-0.25, -0.2) is 13.2 Å². The number of alkyl halides is 1. The molecule has 4 heterocycles. The Balaban J connectivity index is 1.74. The van der Waals surface area contributed by atoms with E-state index in [0.717, 1.165) is 6.42 Å². The van der Waals surface area contributed by atoms with Crippen LogP contribution < -0.4 is 5.32 Å². The number of nitrogens with zero attached hydrogens (tertiary/aromatic N) is 1. The topological polar surface area (TPSA) is 76.1 Å². The number of benzene rings is 3. The van der Waals surface area contributed by atoms with Crippen LogP contribution in [0.2, 0.25) is 0 Å². The number of aromatic amines is 1. The number of nitrogens with one attached hydrogen (secondary N) is 2. The number of carbonyl (C=O) groups excluding carboxylic acids is 2. The van der Waals surface area contributed by atoms with Gasteiger partial charge in [0, 0.05) is 27.1 Å². The van der Waals surface area contributed by atoms with Crippen LogP contribution in [-0.4, -0.2) is 34.1 Å². The van der Waals surface area contributed by atoms with Crippen LogP contribution in [0.4, 0.5) is 13.2 Å². The third-order valence-corrected chi connectivity index (χ3v) is 7.18. The van der Waals surface area contributed by atoms with Crippen molar-refractivity contribution in [2.75, 3.05) is 6.67 Å². The maximum absolute atomic E-state index is 14.5. The quantitative estimate of drug-likeness (QED) is 0.324. The first kappa shape index (κ1) is 20.5. The van der Waals surface area contributed by atoms with Gasteiger partial charge in [0.05, 0.1) is 33.8 Å². The average molecular weight is 477 g/mol. The molecule has 3 aromatic carbocycles. The summed E-state index contributed by atoms with van der Waals surface area (Å²) in [6.45, 7) is -0.629. The van der Waals surface area contributed by atoms with E-state index in [2.05, 4.69) is 10.3 Å². The second-order valence-corrected chi connectivity index (χ2v) is 9.15. The highest BCUT2D eigenvalue weighted by atomic mass is 19.1. The molecular weight excluding hydrogens is 459 g/mol. The van der Waals surface area contributed by atoms with E-state index in [1.807, 2.05) is 4.57 Å². The Morgan fingerprint density at radius 1 is 0.943 bits per heavy atom. The van der Waals surface area contributed by atoms with Gasteiger partial charge in [0.15, 0.2) is 0 Å². The van der Waals surface area contributed by atoms with Crippen molar-refractivity contribution in [1.82, 2.24) is 14.9 Å². The van der Waals surface area contributed by atoms with E-state index in [4.69, 9.17) is 4.74 Å². The number of carbonyl (C=O) groups is 2. The summed E-state index contributed by atoms with van der Waals surface area (Å²) in [5, 5.41) is 4.07. The maximum atomic E-state index is 14.5. The van der Waals surface area contributed by atoms with Gasteiger partial charge in [-0.05, 0) is 55.7 Å². The van der Waals surface area contributed by atoms with Crippen LogP contribution in [0.25, 0.3) is 43.6 Å². The highest BCUT2D eigenvalue weighted by molar-refractivity contribution is 6.39. The van der Waals surface area contributed by atoms with Crippen molar-refractivity contribution in [3.8, 4) is 0 Å². The Labute approximate surface area is 195 Å². The molecule has 2 atom stereocenters. The molecule has 0 saturated carbocycles. The van der Waals surface area contributed by atoms with Gasteiger partial charge in [0.1, 0.15) is 24.5 Å². The first-order chi connectivity index (χ1) is 17.0. The highest BCUT2D eigenvalue weighted by Gasteiger charge is 2.37. The lowest BCUT2D eigenvalue weighted by molar-refractivity contribution is -0.0924. The number of hydrogen-bond acceptors (Lipinski definition) is 3. The van der Waals surface area contributed by atoms with Crippen molar-refractivity contribution in [2.45, 2.75) is 31.6 Å². The largest absolute Gasteiger partial charge is 0.353 e. The molecule has 2 N–H and O–H groups in total. The molecule has 176 valence electrons. The molecule has 0 spiro atoms. The first-order valence-corrected chi connectivity index (χ1v) is 11.4. The number of hydrogen-bond donors (Lipinski definition) is 2. The van der Waals surface area contributed by atoms with E-state index in [1.165, 1.54) is 24.3 Å². The average Bonchev–Trinajstić information content (AvgIpc) is 3.47. The fourth-order valence-corrected chi connectivity index (χ4v) is 5.80. The van der Waals surface area contributed by atoms with E-state index in [1.54, 1.807) is 12.1 Å². The van der Waals surface area contributed by atoms with Crippen LogP contribution in [0.15, 0.2) is 36.4 Å². The summed E-state index contributed by atoms with van der Waals surface area (Å²) < 4.78 is 50.2. The zero-order valence-electron chi connectivity index (χ0n) is 18.3. The molecule has 2 aliphatic heterocycles. The molecule has 7 rings (SSSR count). The van der Waals surface area contributed by atoms with Crippen molar-refractivity contribution in [2.24, 2.45) is 0 Å². The lowest BCUT2D eigenvalue weighted by atomic mass is 9.96. The molecule has 1 fully saturated rings. The zero-order chi connectivity index (χ0) is 24.0. The summed E-state index contributed by atoms with van der Waals surface area (Å²) in [5.74, 6) is -2.18. The summed E-state index contributed by atoms with van der Waals surface area (Å²) in [7, 11) is 0. The molecule has 0 aliphatic carbocycles. The minimum Gasteiger partial charge on any atom is -0.353 e. The van der Waals surface area contributed by atoms with Gasteiger partial charge in [-0.3, -0.25) is 14.9 Å². The van der Waals surface area contributed by atoms with Crippen LogP contribution in [0.3, 0.4) is 0 Å². The molecule has 2 amide bonds. The van der Waals surface area contributed by atoms with Crippen molar-refractivity contribution < 1.29 is 27.5 Å². The summed E-state index contributed by atoms with van der Waals surface area (Å²) in [4.78, 5) is 29.3. The second kappa shape index (κ2) is 7.08. The van der Waals surface area contributed by atoms with E-state index in [0.29, 0.717) is 56.5 Å². The third-order valence-electron chi connectivity index (χ3n) is 7.18. The Morgan fingerprint density at radius 2 is 1.66 bits per heavy atom. The molecular formula is C26H18F3N3O3. The minimum atomic E-state index is -0.629. The van der Waals surface area contributed by atoms with Gasteiger partial charge in [-0.15, -0.1) is 0 Å². The standard InChI is InChI=1S/C26H18F3N3O3/c27-10-13-2-1-3-18(35-13)32-17-7-5-12(29)9-15(17)20-22-21(25(33)31-26(22)34)19-14-8-11(28)4-6-16(14)30-23(19)24(20)32/h4-9,13,18,30H,1-3,10H2,(H,31,33,34)/t13-,18?/m0/s1. The normalized spacial score (nSPS) is 20.4. The summed E-state index contributed by atoms with van der Waals surface area (Å²) in [5.41, 5.74) is 2.46. The Morgan fingerprint density at radius 3 is 2.43 bits per heavy atom. The number of rotatable bonds is 2.